The van der Waals surface area contributed by atoms with E-state index in [9.17, 15) is 16.8 Å². The quantitative estimate of drug-likeness (QED) is 0.607. The van der Waals surface area contributed by atoms with Gasteiger partial charge in [-0.2, -0.15) is 8.61 Å². The Balaban J connectivity index is 1.82. The minimum absolute atomic E-state index is 0.0713. The molecule has 0 unspecified atom stereocenters. The Morgan fingerprint density at radius 2 is 1.07 bits per heavy atom. The molecule has 0 saturated carbocycles. The average molecular weight is 443 g/mol. The SMILES string of the molecule is Cc1ccc(S(=O)(=O)N2CCN(S(=O)(=O)c3ccccc3)[C@@H]2c2ccccc2)cc1. The number of hydrogen-bond donors (Lipinski definition) is 0. The van der Waals surface area contributed by atoms with Gasteiger partial charge in [-0.3, -0.25) is 0 Å². The fraction of sp³-hybridized carbons (Fsp3) is 0.182. The van der Waals surface area contributed by atoms with Crippen molar-refractivity contribution in [3.8, 4) is 0 Å². The Kier molecular flexibility index (Phi) is 5.50. The van der Waals surface area contributed by atoms with Gasteiger partial charge in [-0.1, -0.05) is 66.2 Å². The van der Waals surface area contributed by atoms with Crippen LogP contribution in [0.4, 0.5) is 0 Å². The molecule has 0 amide bonds. The summed E-state index contributed by atoms with van der Waals surface area (Å²) in [4.78, 5) is 0.286. The molecule has 1 fully saturated rings. The maximum absolute atomic E-state index is 13.4. The lowest BCUT2D eigenvalue weighted by Gasteiger charge is -2.29. The van der Waals surface area contributed by atoms with Crippen molar-refractivity contribution in [2.75, 3.05) is 13.1 Å². The van der Waals surface area contributed by atoms with Crippen LogP contribution in [0.5, 0.6) is 0 Å². The number of nitrogens with zero attached hydrogens (tertiary/aromatic N) is 2. The third-order valence-electron chi connectivity index (χ3n) is 5.16. The predicted octanol–water partition coefficient (Wildman–Crippen LogP) is 3.39. The van der Waals surface area contributed by atoms with Crippen molar-refractivity contribution in [3.05, 3.63) is 96.1 Å². The molecule has 30 heavy (non-hydrogen) atoms. The van der Waals surface area contributed by atoms with Gasteiger partial charge in [0.1, 0.15) is 6.17 Å². The highest BCUT2D eigenvalue weighted by Crippen LogP contribution is 2.38. The summed E-state index contributed by atoms with van der Waals surface area (Å²) >= 11 is 0. The zero-order chi connectivity index (χ0) is 21.4. The van der Waals surface area contributed by atoms with E-state index < -0.39 is 26.2 Å². The van der Waals surface area contributed by atoms with Crippen molar-refractivity contribution in [1.29, 1.82) is 0 Å². The fourth-order valence-corrected chi connectivity index (χ4v) is 6.84. The van der Waals surface area contributed by atoms with Gasteiger partial charge in [-0.15, -0.1) is 0 Å². The van der Waals surface area contributed by atoms with Crippen molar-refractivity contribution in [3.63, 3.8) is 0 Å². The van der Waals surface area contributed by atoms with E-state index in [-0.39, 0.29) is 22.9 Å². The molecule has 1 atom stereocenters. The molecule has 1 aliphatic heterocycles. The molecule has 0 radical (unpaired) electrons. The first-order valence-corrected chi connectivity index (χ1v) is 12.4. The molecule has 3 aromatic rings. The highest BCUT2D eigenvalue weighted by atomic mass is 32.2. The second kappa shape index (κ2) is 7.96. The van der Waals surface area contributed by atoms with Crippen LogP contribution in [0.3, 0.4) is 0 Å². The molecule has 6 nitrogen and oxygen atoms in total. The topological polar surface area (TPSA) is 74.8 Å². The van der Waals surface area contributed by atoms with Crippen molar-refractivity contribution in [2.24, 2.45) is 0 Å². The van der Waals surface area contributed by atoms with E-state index in [1.54, 1.807) is 66.7 Å². The summed E-state index contributed by atoms with van der Waals surface area (Å²) in [7, 11) is -7.79. The van der Waals surface area contributed by atoms with E-state index in [1.807, 2.05) is 13.0 Å². The van der Waals surface area contributed by atoms with E-state index in [0.29, 0.717) is 5.56 Å². The number of rotatable bonds is 5. The van der Waals surface area contributed by atoms with Crippen LogP contribution in [-0.2, 0) is 20.0 Å². The lowest BCUT2D eigenvalue weighted by atomic mass is 10.2. The molecule has 0 aliphatic carbocycles. The Morgan fingerprint density at radius 1 is 0.633 bits per heavy atom. The van der Waals surface area contributed by atoms with Crippen molar-refractivity contribution in [2.45, 2.75) is 22.9 Å². The molecule has 1 saturated heterocycles. The molecular formula is C22H22N2O4S2. The first-order chi connectivity index (χ1) is 14.3. The van der Waals surface area contributed by atoms with Gasteiger partial charge in [-0.25, -0.2) is 16.8 Å². The van der Waals surface area contributed by atoms with Gasteiger partial charge in [0.25, 0.3) is 0 Å². The Morgan fingerprint density at radius 3 is 1.57 bits per heavy atom. The number of hydrogen-bond acceptors (Lipinski definition) is 4. The molecule has 0 aromatic heterocycles. The van der Waals surface area contributed by atoms with Crippen LogP contribution in [0.15, 0.2) is 94.7 Å². The van der Waals surface area contributed by atoms with E-state index >= 15 is 0 Å². The summed E-state index contributed by atoms with van der Waals surface area (Å²) < 4.78 is 56.2. The van der Waals surface area contributed by atoms with Crippen molar-refractivity contribution >= 4 is 20.0 Å². The number of aryl methyl sites for hydroxylation is 1. The maximum Gasteiger partial charge on any atom is 0.244 e. The smallest absolute Gasteiger partial charge is 0.207 e. The number of sulfonamides is 2. The van der Waals surface area contributed by atoms with Crippen LogP contribution in [0, 0.1) is 6.92 Å². The average Bonchev–Trinajstić information content (AvgIpc) is 3.22. The molecule has 156 valence electrons. The Hall–Kier alpha value is -2.52. The van der Waals surface area contributed by atoms with Gasteiger partial charge in [0, 0.05) is 13.1 Å². The Labute approximate surface area is 177 Å². The largest absolute Gasteiger partial charge is 0.244 e. The summed E-state index contributed by atoms with van der Waals surface area (Å²) in [6.45, 7) is 2.02. The zero-order valence-electron chi connectivity index (χ0n) is 16.4. The molecule has 0 bridgehead atoms. The van der Waals surface area contributed by atoms with Gasteiger partial charge in [0.15, 0.2) is 0 Å². The van der Waals surface area contributed by atoms with Gasteiger partial charge >= 0.3 is 0 Å². The van der Waals surface area contributed by atoms with Crippen LogP contribution in [-0.4, -0.2) is 38.5 Å². The second-order valence-corrected chi connectivity index (χ2v) is 10.9. The monoisotopic (exact) mass is 442 g/mol. The molecule has 8 heteroatoms. The molecular weight excluding hydrogens is 420 g/mol. The predicted molar refractivity (Wildman–Crippen MR) is 115 cm³/mol. The molecule has 4 rings (SSSR count). The Bertz CT molecular complexity index is 1230. The highest BCUT2D eigenvalue weighted by molar-refractivity contribution is 7.90. The zero-order valence-corrected chi connectivity index (χ0v) is 18.1. The first-order valence-electron chi connectivity index (χ1n) is 9.52. The molecule has 0 N–H and O–H groups in total. The van der Waals surface area contributed by atoms with E-state index in [0.717, 1.165) is 5.56 Å². The minimum Gasteiger partial charge on any atom is -0.207 e. The third-order valence-corrected chi connectivity index (χ3v) is 8.90. The molecule has 0 spiro atoms. The molecule has 3 aromatic carbocycles. The van der Waals surface area contributed by atoms with E-state index in [1.165, 1.54) is 20.7 Å². The summed E-state index contributed by atoms with van der Waals surface area (Å²) in [5.41, 5.74) is 1.55. The lowest BCUT2D eigenvalue weighted by molar-refractivity contribution is 0.292. The minimum atomic E-state index is -3.90. The maximum atomic E-state index is 13.4. The third kappa shape index (κ3) is 3.67. The van der Waals surface area contributed by atoms with E-state index in [4.69, 9.17) is 0 Å². The summed E-state index contributed by atoms with van der Waals surface area (Å²) in [5, 5.41) is 0. The van der Waals surface area contributed by atoms with Gasteiger partial charge in [-0.05, 0) is 36.8 Å². The van der Waals surface area contributed by atoms with Gasteiger partial charge in [0.05, 0.1) is 9.79 Å². The van der Waals surface area contributed by atoms with Crippen LogP contribution < -0.4 is 0 Å². The van der Waals surface area contributed by atoms with Gasteiger partial charge in [0.2, 0.25) is 20.0 Å². The summed E-state index contributed by atoms with van der Waals surface area (Å²) in [5.74, 6) is 0. The normalized spacial score (nSPS) is 18.5. The summed E-state index contributed by atoms with van der Waals surface area (Å²) in [6, 6.07) is 23.5. The van der Waals surface area contributed by atoms with E-state index in [2.05, 4.69) is 0 Å². The lowest BCUT2D eigenvalue weighted by Crippen LogP contribution is -2.37. The summed E-state index contributed by atoms with van der Waals surface area (Å²) in [6.07, 6.45) is -0.956. The molecule has 1 heterocycles. The van der Waals surface area contributed by atoms with Crippen LogP contribution in [0.1, 0.15) is 17.3 Å². The first kappa shape index (κ1) is 20.7. The second-order valence-electron chi connectivity index (χ2n) is 7.14. The van der Waals surface area contributed by atoms with Crippen LogP contribution in [0.2, 0.25) is 0 Å². The van der Waals surface area contributed by atoms with Crippen LogP contribution >= 0.6 is 0 Å². The fourth-order valence-electron chi connectivity index (χ4n) is 3.62. The highest BCUT2D eigenvalue weighted by Gasteiger charge is 2.46. The van der Waals surface area contributed by atoms with Gasteiger partial charge < -0.3 is 0 Å². The standard InChI is InChI=1S/C22H22N2O4S2/c1-18-12-14-21(15-13-18)30(27,28)24-17-16-23(22(24)19-8-4-2-5-9-19)29(25,26)20-10-6-3-7-11-20/h2-15,22H,16-17H2,1H3/t22-/m0/s1. The van der Waals surface area contributed by atoms with Crippen molar-refractivity contribution in [1.82, 2.24) is 8.61 Å². The van der Waals surface area contributed by atoms with Crippen molar-refractivity contribution < 1.29 is 16.8 Å². The van der Waals surface area contributed by atoms with Crippen LogP contribution in [0.25, 0.3) is 0 Å². The molecule has 1 aliphatic rings. The number of benzene rings is 3.